The van der Waals surface area contributed by atoms with Crippen molar-refractivity contribution in [3.05, 3.63) is 134 Å². The second kappa shape index (κ2) is 15.0. The molecule has 187 valence electrons. The van der Waals surface area contributed by atoms with Gasteiger partial charge in [-0.15, -0.1) is 0 Å². The molecule has 0 saturated heterocycles. The Balaban J connectivity index is 0.00000228. The van der Waals surface area contributed by atoms with Crippen molar-refractivity contribution in [2.45, 2.75) is 7.25 Å². The van der Waals surface area contributed by atoms with Gasteiger partial charge in [-0.05, 0) is 0 Å². The van der Waals surface area contributed by atoms with E-state index in [9.17, 15) is 0 Å². The van der Waals surface area contributed by atoms with E-state index in [-0.39, 0.29) is 24.8 Å². The summed E-state index contributed by atoms with van der Waals surface area (Å²) >= 11 is -2.36. The van der Waals surface area contributed by atoms with Crippen molar-refractivity contribution in [2.75, 3.05) is 26.2 Å². The minimum Gasteiger partial charge on any atom is -1.00 e. The first-order valence-electron chi connectivity index (χ1n) is 12.1. The standard InChI is InChI=1S/C12H21N2Si.2C9H7.2ClH.Zr/c1-5-9-13(10-6-2)15-14(11-7-3)12-8-4;2*1-2-5-9-7-3-6-8(9)4-1;;;/h5-8,15H,1-4,9-12H2;2*1-7H;2*1H;/q;;;;;+2/p-2. The molecule has 2 nitrogen and oxygen atoms in total. The quantitative estimate of drug-likeness (QED) is 0.236. The SMILES string of the molecule is C=CCN(CC=C)[SiH](N(CC=C)CC=C)[Zr+2]([CH]1C=Cc2ccccc21)[CH]1C=Cc2ccccc21.[Cl-].[Cl-]. The zero-order valence-corrected chi connectivity index (χ0v) is 25.9. The topological polar surface area (TPSA) is 6.48 Å². The van der Waals surface area contributed by atoms with Crippen LogP contribution in [0, 0.1) is 0 Å². The molecule has 0 radical (unpaired) electrons. The largest absolute Gasteiger partial charge is 1.00 e. The normalized spacial score (nSPS) is 16.8. The summed E-state index contributed by atoms with van der Waals surface area (Å²) in [5.74, 6) is 0. The molecule has 4 rings (SSSR count). The Morgan fingerprint density at radius 1 is 0.639 bits per heavy atom. The van der Waals surface area contributed by atoms with Crippen LogP contribution in [0.2, 0.25) is 0 Å². The van der Waals surface area contributed by atoms with Gasteiger partial charge < -0.3 is 24.8 Å². The molecule has 0 aliphatic heterocycles. The average molecular weight is 614 g/mol. The van der Waals surface area contributed by atoms with E-state index in [2.05, 4.69) is 133 Å². The minimum absolute atomic E-state index is 0. The molecule has 2 aliphatic rings. The van der Waals surface area contributed by atoms with E-state index >= 15 is 0 Å². The van der Waals surface area contributed by atoms with Gasteiger partial charge in [0.1, 0.15) is 0 Å². The van der Waals surface area contributed by atoms with Crippen LogP contribution in [0.15, 0.2) is 111 Å². The summed E-state index contributed by atoms with van der Waals surface area (Å²) in [5, 5.41) is 0. The van der Waals surface area contributed by atoms with Crippen molar-refractivity contribution in [1.82, 2.24) is 9.13 Å². The van der Waals surface area contributed by atoms with Gasteiger partial charge in [-0.2, -0.15) is 0 Å². The van der Waals surface area contributed by atoms with Crippen LogP contribution < -0.4 is 24.8 Å². The van der Waals surface area contributed by atoms with Crippen LogP contribution in [0.25, 0.3) is 12.2 Å². The molecule has 0 saturated carbocycles. The van der Waals surface area contributed by atoms with Crippen LogP contribution >= 0.6 is 0 Å². The fraction of sp³-hybridized carbons (Fsp3) is 0.200. The number of fused-ring (bicyclic) bond motifs is 2. The molecule has 0 aromatic heterocycles. The third-order valence-electron chi connectivity index (χ3n) is 6.76. The maximum atomic E-state index is 4.12. The molecule has 0 N–H and O–H groups in total. The smallest absolute Gasteiger partial charge is 1.00 e. The second-order valence-corrected chi connectivity index (χ2v) is 24.3. The van der Waals surface area contributed by atoms with Gasteiger partial charge in [0.15, 0.2) is 0 Å². The minimum atomic E-state index is -2.36. The van der Waals surface area contributed by atoms with Gasteiger partial charge in [0, 0.05) is 0 Å². The van der Waals surface area contributed by atoms with Gasteiger partial charge in [0.05, 0.1) is 0 Å². The van der Waals surface area contributed by atoms with E-state index in [1.807, 2.05) is 0 Å². The molecule has 2 atom stereocenters. The Morgan fingerprint density at radius 3 is 1.36 bits per heavy atom. The summed E-state index contributed by atoms with van der Waals surface area (Å²) in [5.41, 5.74) is 5.85. The van der Waals surface area contributed by atoms with Gasteiger partial charge in [-0.3, -0.25) is 0 Å². The van der Waals surface area contributed by atoms with E-state index in [1.165, 1.54) is 22.3 Å². The number of halogens is 2. The third kappa shape index (κ3) is 6.48. The molecule has 0 amide bonds. The van der Waals surface area contributed by atoms with Crippen molar-refractivity contribution in [3.63, 3.8) is 0 Å². The van der Waals surface area contributed by atoms with E-state index in [1.54, 1.807) is 0 Å². The molecule has 2 aromatic rings. The van der Waals surface area contributed by atoms with Gasteiger partial charge in [-0.1, -0.05) is 0 Å². The molecule has 0 spiro atoms. The summed E-state index contributed by atoms with van der Waals surface area (Å²) < 4.78 is 6.55. The second-order valence-electron chi connectivity index (χ2n) is 8.87. The van der Waals surface area contributed by atoms with Crippen molar-refractivity contribution in [2.24, 2.45) is 0 Å². The first kappa shape index (κ1) is 30.7. The molecule has 0 bridgehead atoms. The molecule has 36 heavy (non-hydrogen) atoms. The van der Waals surface area contributed by atoms with Crippen LogP contribution in [0.3, 0.4) is 0 Å². The number of rotatable bonds is 13. The Hall–Kier alpha value is -1.52. The summed E-state index contributed by atoms with van der Waals surface area (Å²) in [6.07, 6.45) is 16.5. The monoisotopic (exact) mass is 611 g/mol. The summed E-state index contributed by atoms with van der Waals surface area (Å²) in [7, 11) is 0. The molecule has 0 fully saturated rings. The Kier molecular flexibility index (Phi) is 12.8. The van der Waals surface area contributed by atoms with Crippen LogP contribution in [0.4, 0.5) is 0 Å². The van der Waals surface area contributed by atoms with Crippen molar-refractivity contribution in [3.8, 4) is 0 Å². The number of benzene rings is 2. The molecular formula is C30H35Cl2N2SiZr. The molecular weight excluding hydrogens is 579 g/mol. The van der Waals surface area contributed by atoms with E-state index in [0.29, 0.717) is 7.25 Å². The summed E-state index contributed by atoms with van der Waals surface area (Å²) in [6, 6.07) is 18.0. The van der Waals surface area contributed by atoms with Crippen LogP contribution in [-0.2, 0) is 20.9 Å². The number of allylic oxidation sites excluding steroid dienone is 2. The summed E-state index contributed by atoms with van der Waals surface area (Å²) in [4.78, 5) is 0. The molecule has 2 unspecified atom stereocenters. The van der Waals surface area contributed by atoms with Gasteiger partial charge in [0.2, 0.25) is 0 Å². The van der Waals surface area contributed by atoms with Gasteiger partial charge in [-0.25, -0.2) is 0 Å². The summed E-state index contributed by atoms with van der Waals surface area (Å²) in [6.45, 7) is 20.1. The Labute approximate surface area is 238 Å². The number of hydrogen-bond donors (Lipinski definition) is 0. The molecule has 0 heterocycles. The fourth-order valence-corrected chi connectivity index (χ4v) is 31.9. The first-order chi connectivity index (χ1) is 16.7. The molecule has 2 aromatic carbocycles. The maximum Gasteiger partial charge on any atom is -1.00 e. The average Bonchev–Trinajstić information content (AvgIpc) is 3.47. The van der Waals surface area contributed by atoms with E-state index in [4.69, 9.17) is 0 Å². The van der Waals surface area contributed by atoms with Crippen LogP contribution in [0.1, 0.15) is 29.5 Å². The maximum absolute atomic E-state index is 4.12. The predicted octanol–water partition coefficient (Wildman–Crippen LogP) is 0.214. The Morgan fingerprint density at radius 2 is 1.00 bits per heavy atom. The van der Waals surface area contributed by atoms with Crippen molar-refractivity contribution >= 4 is 18.4 Å². The zero-order valence-electron chi connectivity index (χ0n) is 20.8. The van der Waals surface area contributed by atoms with Crippen molar-refractivity contribution in [1.29, 1.82) is 0 Å². The van der Waals surface area contributed by atoms with Gasteiger partial charge >= 0.3 is 215 Å². The molecule has 6 heteroatoms. The number of nitrogens with zero attached hydrogens (tertiary/aromatic N) is 2. The Bertz CT molecular complexity index is 1010. The van der Waals surface area contributed by atoms with Crippen molar-refractivity contribution < 1.29 is 45.7 Å². The number of hydrogen-bond acceptors (Lipinski definition) is 2. The van der Waals surface area contributed by atoms with Gasteiger partial charge in [0.25, 0.3) is 0 Å². The predicted molar refractivity (Wildman–Crippen MR) is 148 cm³/mol. The van der Waals surface area contributed by atoms with E-state index in [0.717, 1.165) is 26.2 Å². The first-order valence-corrected chi connectivity index (χ1v) is 20.8. The van der Waals surface area contributed by atoms with E-state index < -0.39 is 27.2 Å². The fourth-order valence-electron chi connectivity index (χ4n) is 5.46. The zero-order chi connectivity index (χ0) is 23.9. The molecule has 2 aliphatic carbocycles. The van der Waals surface area contributed by atoms with Crippen LogP contribution in [-0.4, -0.2) is 41.6 Å². The van der Waals surface area contributed by atoms with Crippen LogP contribution in [0.5, 0.6) is 0 Å². The third-order valence-corrected chi connectivity index (χ3v) is 29.6.